The Morgan fingerprint density at radius 2 is 1.73 bits per heavy atom. The van der Waals surface area contributed by atoms with Crippen LogP contribution >= 0.6 is 11.6 Å². The molecule has 2 amide bonds. The van der Waals surface area contributed by atoms with E-state index in [1.54, 1.807) is 54.6 Å². The van der Waals surface area contributed by atoms with Crippen molar-refractivity contribution in [2.24, 2.45) is 0 Å². The van der Waals surface area contributed by atoms with Crippen LogP contribution in [-0.2, 0) is 15.8 Å². The highest BCUT2D eigenvalue weighted by Crippen LogP contribution is 2.36. The van der Waals surface area contributed by atoms with Gasteiger partial charge in [0.2, 0.25) is 11.8 Å². The summed E-state index contributed by atoms with van der Waals surface area (Å²) in [7, 11) is 0. The Kier molecular flexibility index (Phi) is 9.29. The van der Waals surface area contributed by atoms with Crippen LogP contribution in [0.4, 0.5) is 30.2 Å². The van der Waals surface area contributed by atoms with Gasteiger partial charge in [-0.15, -0.1) is 0 Å². The molecule has 11 heteroatoms. The second-order valence-electron chi connectivity index (χ2n) is 7.87. The number of alkyl halides is 3. The van der Waals surface area contributed by atoms with Gasteiger partial charge in [0.05, 0.1) is 28.6 Å². The molecule has 3 rings (SSSR count). The minimum atomic E-state index is -4.61. The van der Waals surface area contributed by atoms with Gasteiger partial charge >= 0.3 is 6.18 Å². The first kappa shape index (κ1) is 27.7. The van der Waals surface area contributed by atoms with E-state index < -0.39 is 28.7 Å². The van der Waals surface area contributed by atoms with Crippen molar-refractivity contribution in [3.63, 3.8) is 0 Å². The van der Waals surface area contributed by atoms with Gasteiger partial charge in [-0.05, 0) is 47.5 Å². The van der Waals surface area contributed by atoms with Crippen molar-refractivity contribution in [1.82, 2.24) is 5.32 Å². The molecule has 0 bridgehead atoms. The fourth-order valence-corrected chi connectivity index (χ4v) is 3.65. The minimum absolute atomic E-state index is 0.0865. The molecule has 3 aromatic rings. The second-order valence-corrected chi connectivity index (χ2v) is 8.28. The maximum Gasteiger partial charge on any atom is 0.417 e. The summed E-state index contributed by atoms with van der Waals surface area (Å²) in [5.41, 5.74) is 7.03. The van der Waals surface area contributed by atoms with Crippen LogP contribution in [0.3, 0.4) is 0 Å². The van der Waals surface area contributed by atoms with Gasteiger partial charge in [-0.25, -0.2) is 0 Å². The third kappa shape index (κ3) is 7.81. The number of anilines is 3. The second kappa shape index (κ2) is 12.4. The number of hydrogen-bond donors (Lipinski definition) is 5. The number of rotatable bonds is 9. The quantitative estimate of drug-likeness (QED) is 0.199. The fourth-order valence-electron chi connectivity index (χ4n) is 3.36. The molecule has 0 saturated carbocycles. The van der Waals surface area contributed by atoms with E-state index >= 15 is 0 Å². The van der Waals surface area contributed by atoms with Gasteiger partial charge in [0.15, 0.2) is 0 Å². The lowest BCUT2D eigenvalue weighted by molar-refractivity contribution is -0.137. The molecule has 0 fully saturated rings. The van der Waals surface area contributed by atoms with Crippen molar-refractivity contribution in [1.29, 1.82) is 0 Å². The number of nitrogens with two attached hydrogens (primary N) is 1. The summed E-state index contributed by atoms with van der Waals surface area (Å²) in [6.07, 6.45) is -1.70. The minimum Gasteiger partial charge on any atom is -0.397 e. The predicted molar refractivity (Wildman–Crippen MR) is 138 cm³/mol. The van der Waals surface area contributed by atoms with Gasteiger partial charge in [0.1, 0.15) is 6.04 Å². The molecule has 0 radical (unpaired) electrons. The topological polar surface area (TPSA) is 116 Å². The van der Waals surface area contributed by atoms with Gasteiger partial charge in [0, 0.05) is 18.3 Å². The summed E-state index contributed by atoms with van der Waals surface area (Å²) in [5, 5.41) is 16.8. The van der Waals surface area contributed by atoms with Gasteiger partial charge in [-0.2, -0.15) is 13.2 Å². The zero-order valence-electron chi connectivity index (χ0n) is 19.4. The van der Waals surface area contributed by atoms with Gasteiger partial charge in [-0.1, -0.05) is 48.0 Å². The fraction of sp³-hybridized carbons (Fsp3) is 0.154. The van der Waals surface area contributed by atoms with Crippen LogP contribution in [0.5, 0.6) is 0 Å². The number of amides is 2. The first-order chi connectivity index (χ1) is 17.6. The lowest BCUT2D eigenvalue weighted by Gasteiger charge is -2.19. The van der Waals surface area contributed by atoms with E-state index in [4.69, 9.17) is 17.3 Å². The summed E-state index contributed by atoms with van der Waals surface area (Å²) < 4.78 is 38.8. The number of carbonyl (C=O) groups is 2. The normalized spacial score (nSPS) is 12.4. The largest absolute Gasteiger partial charge is 0.417 e. The molecule has 0 aliphatic rings. The summed E-state index contributed by atoms with van der Waals surface area (Å²) in [4.78, 5) is 25.1. The smallest absolute Gasteiger partial charge is 0.397 e. The van der Waals surface area contributed by atoms with Gasteiger partial charge in [0.25, 0.3) is 0 Å². The van der Waals surface area contributed by atoms with E-state index in [0.29, 0.717) is 22.5 Å². The number of aliphatic hydroxyl groups excluding tert-OH is 1. The Hall–Kier alpha value is -3.86. The van der Waals surface area contributed by atoms with Crippen LogP contribution < -0.4 is 21.7 Å². The monoisotopic (exact) mass is 532 g/mol. The number of hydrogen-bond acceptors (Lipinski definition) is 5. The number of benzene rings is 3. The van der Waals surface area contributed by atoms with Crippen molar-refractivity contribution in [3.8, 4) is 0 Å². The number of nitrogen functional groups attached to an aromatic ring is 1. The Bertz CT molecular complexity index is 1280. The highest BCUT2D eigenvalue weighted by molar-refractivity contribution is 6.31. The molecular formula is C26H24ClF3N4O3. The van der Waals surface area contributed by atoms with Crippen molar-refractivity contribution >= 4 is 46.6 Å². The Morgan fingerprint density at radius 3 is 2.35 bits per heavy atom. The van der Waals surface area contributed by atoms with E-state index in [1.807, 2.05) is 0 Å². The average Bonchev–Trinajstić information content (AvgIpc) is 2.84. The van der Waals surface area contributed by atoms with Gasteiger partial charge in [-0.3, -0.25) is 14.9 Å². The van der Waals surface area contributed by atoms with Gasteiger partial charge < -0.3 is 21.5 Å². The van der Waals surface area contributed by atoms with E-state index in [0.717, 1.165) is 18.2 Å². The number of aliphatic hydroxyl groups is 1. The molecule has 3 aromatic carbocycles. The summed E-state index contributed by atoms with van der Waals surface area (Å²) in [6, 6.07) is 15.5. The Balaban J connectivity index is 1.70. The molecule has 0 aromatic heterocycles. The number of carbonyl (C=O) groups excluding carboxylic acids is 2. The van der Waals surface area contributed by atoms with E-state index in [-0.39, 0.29) is 24.7 Å². The van der Waals surface area contributed by atoms with Crippen LogP contribution in [0.25, 0.3) is 6.08 Å². The van der Waals surface area contributed by atoms with E-state index in [9.17, 15) is 27.9 Å². The zero-order chi connectivity index (χ0) is 27.0. The molecule has 37 heavy (non-hydrogen) atoms. The molecule has 0 spiro atoms. The van der Waals surface area contributed by atoms with Crippen molar-refractivity contribution < 1.29 is 27.9 Å². The van der Waals surface area contributed by atoms with Crippen LogP contribution in [0, 0.1) is 0 Å². The highest BCUT2D eigenvalue weighted by atomic mass is 35.5. The lowest BCUT2D eigenvalue weighted by atomic mass is 10.0. The van der Waals surface area contributed by atoms with Crippen LogP contribution in [0.2, 0.25) is 5.02 Å². The third-order valence-corrected chi connectivity index (χ3v) is 5.49. The van der Waals surface area contributed by atoms with E-state index in [2.05, 4.69) is 16.0 Å². The summed E-state index contributed by atoms with van der Waals surface area (Å²) in [6.45, 7) is -0.145. The summed E-state index contributed by atoms with van der Waals surface area (Å²) >= 11 is 5.74. The molecule has 0 saturated heterocycles. The Labute approximate surface area is 216 Å². The molecule has 0 aliphatic carbocycles. The highest BCUT2D eigenvalue weighted by Gasteiger charge is 2.33. The van der Waals surface area contributed by atoms with Crippen molar-refractivity contribution in [2.75, 3.05) is 29.5 Å². The third-order valence-electron chi connectivity index (χ3n) is 5.18. The van der Waals surface area contributed by atoms with Crippen molar-refractivity contribution in [2.45, 2.75) is 12.2 Å². The van der Waals surface area contributed by atoms with Crippen LogP contribution in [0.1, 0.15) is 22.7 Å². The van der Waals surface area contributed by atoms with E-state index in [1.165, 1.54) is 6.08 Å². The maximum atomic E-state index is 12.9. The molecule has 6 N–H and O–H groups in total. The molecule has 7 nitrogen and oxygen atoms in total. The van der Waals surface area contributed by atoms with Crippen LogP contribution in [0.15, 0.2) is 72.8 Å². The molecule has 194 valence electrons. The van der Waals surface area contributed by atoms with Crippen LogP contribution in [-0.4, -0.2) is 30.1 Å². The molecule has 1 unspecified atom stereocenters. The SMILES string of the molecule is Nc1ccccc1NC(=O)/C=C/c1ccc(C(NCCO)C(=O)Nc2ccc(C(F)(F)F)c(Cl)c2)cc1. The number of halogens is 4. The zero-order valence-corrected chi connectivity index (χ0v) is 20.1. The molecular weight excluding hydrogens is 509 g/mol. The van der Waals surface area contributed by atoms with Crippen molar-refractivity contribution in [3.05, 3.63) is 94.5 Å². The first-order valence-corrected chi connectivity index (χ1v) is 11.4. The molecule has 1 atom stereocenters. The molecule has 0 heterocycles. The molecule has 0 aliphatic heterocycles. The summed E-state index contributed by atoms with van der Waals surface area (Å²) in [5.74, 6) is -0.938. The number of para-hydroxylation sites is 2. The standard InChI is InChI=1S/C26H24ClF3N4O3/c27-20-15-18(10-11-19(20)26(28,29)30)33-25(37)24(32-13-14-35)17-8-5-16(6-9-17)7-12-23(36)34-22-4-2-1-3-21(22)31/h1-12,15,24,32,35H,13-14,31H2,(H,33,37)(H,34,36)/b12-7+. The Morgan fingerprint density at radius 1 is 1.03 bits per heavy atom. The number of nitrogens with one attached hydrogen (secondary N) is 3. The predicted octanol–water partition coefficient (Wildman–Crippen LogP) is 4.85. The lowest BCUT2D eigenvalue weighted by Crippen LogP contribution is -2.34. The first-order valence-electron chi connectivity index (χ1n) is 11.0. The average molecular weight is 533 g/mol. The maximum absolute atomic E-state index is 12.9.